The van der Waals surface area contributed by atoms with Crippen molar-refractivity contribution in [2.75, 3.05) is 5.32 Å². The third kappa shape index (κ3) is 3.63. The van der Waals surface area contributed by atoms with Crippen LogP contribution in [0.3, 0.4) is 0 Å². The molecule has 0 fully saturated rings. The second kappa shape index (κ2) is 6.80. The summed E-state index contributed by atoms with van der Waals surface area (Å²) in [5, 5.41) is 3.55. The predicted molar refractivity (Wildman–Crippen MR) is 85.6 cm³/mol. The minimum absolute atomic E-state index is 0.877. The van der Waals surface area contributed by atoms with E-state index in [2.05, 4.69) is 76.2 Å². The zero-order valence-corrected chi connectivity index (χ0v) is 13.2. The van der Waals surface area contributed by atoms with Crippen molar-refractivity contribution in [3.63, 3.8) is 0 Å². The summed E-state index contributed by atoms with van der Waals surface area (Å²) in [5.74, 6) is 0. The number of halogens is 1. The Morgan fingerprint density at radius 3 is 2.79 bits per heavy atom. The second-order valence-electron chi connectivity index (χ2n) is 4.70. The zero-order valence-electron chi connectivity index (χ0n) is 11.6. The maximum atomic E-state index is 3.55. The number of nitrogens with one attached hydrogen (secondary N) is 1. The van der Waals surface area contributed by atoms with E-state index in [-0.39, 0.29) is 0 Å². The quantitative estimate of drug-likeness (QED) is 0.806. The highest BCUT2D eigenvalue weighted by Crippen LogP contribution is 2.22. The van der Waals surface area contributed by atoms with Crippen molar-refractivity contribution in [2.24, 2.45) is 0 Å². The van der Waals surface area contributed by atoms with Gasteiger partial charge in [-0.2, -0.15) is 0 Å². The first-order valence-corrected chi connectivity index (χ1v) is 7.70. The van der Waals surface area contributed by atoms with Crippen LogP contribution in [0.2, 0.25) is 0 Å². The van der Waals surface area contributed by atoms with Gasteiger partial charge in [0.2, 0.25) is 0 Å². The number of rotatable bonds is 6. The molecule has 2 nitrogen and oxygen atoms in total. The molecule has 102 valence electrons. The first kappa shape index (κ1) is 14.2. The number of aryl methyl sites for hydroxylation is 2. The monoisotopic (exact) mass is 320 g/mol. The number of aromatic nitrogens is 1. The lowest BCUT2D eigenvalue weighted by molar-refractivity contribution is 0.654. The van der Waals surface area contributed by atoms with E-state index in [0.29, 0.717) is 0 Å². The Hall–Kier alpha value is -1.22. The van der Waals surface area contributed by atoms with Gasteiger partial charge in [0, 0.05) is 28.6 Å². The highest BCUT2D eigenvalue weighted by Gasteiger charge is 2.03. The molecule has 1 heterocycles. The smallest absolute Gasteiger partial charge is 0.0553 e. The molecule has 0 aliphatic rings. The van der Waals surface area contributed by atoms with E-state index in [9.17, 15) is 0 Å². The molecular formula is C16H21BrN2. The Morgan fingerprint density at radius 2 is 2.05 bits per heavy atom. The van der Waals surface area contributed by atoms with E-state index in [0.717, 1.165) is 24.0 Å². The fourth-order valence-electron chi connectivity index (χ4n) is 2.28. The molecule has 2 aromatic rings. The zero-order chi connectivity index (χ0) is 13.7. The van der Waals surface area contributed by atoms with Gasteiger partial charge in [-0.3, -0.25) is 0 Å². The van der Waals surface area contributed by atoms with Crippen LogP contribution in [-0.4, -0.2) is 4.57 Å². The normalized spacial score (nSPS) is 10.7. The van der Waals surface area contributed by atoms with E-state index in [4.69, 9.17) is 0 Å². The van der Waals surface area contributed by atoms with Gasteiger partial charge in [-0.1, -0.05) is 29.8 Å². The van der Waals surface area contributed by atoms with E-state index >= 15 is 0 Å². The summed E-state index contributed by atoms with van der Waals surface area (Å²) in [6, 6.07) is 10.7. The maximum Gasteiger partial charge on any atom is 0.0553 e. The van der Waals surface area contributed by atoms with Gasteiger partial charge < -0.3 is 9.88 Å². The van der Waals surface area contributed by atoms with E-state index in [1.807, 2.05) is 0 Å². The van der Waals surface area contributed by atoms with Crippen LogP contribution >= 0.6 is 15.9 Å². The summed E-state index contributed by atoms with van der Waals surface area (Å²) >= 11 is 3.53. The summed E-state index contributed by atoms with van der Waals surface area (Å²) in [5.41, 5.74) is 3.92. The first-order valence-electron chi connectivity index (χ1n) is 6.91. The molecule has 0 spiro atoms. The highest BCUT2D eigenvalue weighted by atomic mass is 79.9. The summed E-state index contributed by atoms with van der Waals surface area (Å²) < 4.78 is 3.46. The van der Waals surface area contributed by atoms with Crippen LogP contribution in [0.5, 0.6) is 0 Å². The summed E-state index contributed by atoms with van der Waals surface area (Å²) in [6.07, 6.45) is 4.36. The standard InChI is InChI=1S/C16H21BrN2/c1-3-9-19-10-5-6-15(19)12-18-16-8-7-14(17)11-13(16)4-2/h5-8,10-11,18H,3-4,9,12H2,1-2H3. The van der Waals surface area contributed by atoms with Crippen molar-refractivity contribution in [3.05, 3.63) is 52.3 Å². The lowest BCUT2D eigenvalue weighted by Gasteiger charge is -2.13. The fraction of sp³-hybridized carbons (Fsp3) is 0.375. The number of hydrogen-bond donors (Lipinski definition) is 1. The largest absolute Gasteiger partial charge is 0.379 e. The number of benzene rings is 1. The minimum atomic E-state index is 0.877. The molecule has 0 saturated carbocycles. The molecule has 19 heavy (non-hydrogen) atoms. The van der Waals surface area contributed by atoms with Gasteiger partial charge in [0.1, 0.15) is 0 Å². The molecule has 0 atom stereocenters. The van der Waals surface area contributed by atoms with Crippen LogP contribution in [0, 0.1) is 0 Å². The number of nitrogens with zero attached hydrogens (tertiary/aromatic N) is 1. The molecule has 1 aromatic heterocycles. The van der Waals surface area contributed by atoms with E-state index in [1.165, 1.54) is 23.4 Å². The molecule has 1 aromatic carbocycles. The SMILES string of the molecule is CCCn1cccc1CNc1ccc(Br)cc1CC. The summed E-state index contributed by atoms with van der Waals surface area (Å²) in [4.78, 5) is 0. The lowest BCUT2D eigenvalue weighted by Crippen LogP contribution is -2.08. The van der Waals surface area contributed by atoms with E-state index in [1.54, 1.807) is 0 Å². The Kier molecular flexibility index (Phi) is 5.08. The van der Waals surface area contributed by atoms with Crippen molar-refractivity contribution >= 4 is 21.6 Å². The Balaban J connectivity index is 2.07. The molecule has 0 saturated heterocycles. The third-order valence-electron chi connectivity index (χ3n) is 3.30. The van der Waals surface area contributed by atoms with Crippen molar-refractivity contribution in [2.45, 2.75) is 39.8 Å². The van der Waals surface area contributed by atoms with Crippen molar-refractivity contribution in [3.8, 4) is 0 Å². The maximum absolute atomic E-state index is 3.55. The molecule has 0 unspecified atom stereocenters. The second-order valence-corrected chi connectivity index (χ2v) is 5.62. The van der Waals surface area contributed by atoms with Gasteiger partial charge in [0.25, 0.3) is 0 Å². The molecule has 1 N–H and O–H groups in total. The Bertz CT molecular complexity index is 531. The average Bonchev–Trinajstić information content (AvgIpc) is 2.85. The molecule has 0 aliphatic carbocycles. The van der Waals surface area contributed by atoms with Crippen LogP contribution in [0.1, 0.15) is 31.5 Å². The van der Waals surface area contributed by atoms with Crippen molar-refractivity contribution in [1.29, 1.82) is 0 Å². The lowest BCUT2D eigenvalue weighted by atomic mass is 10.1. The Morgan fingerprint density at radius 1 is 1.21 bits per heavy atom. The molecule has 0 amide bonds. The summed E-state index contributed by atoms with van der Waals surface area (Å²) in [6.45, 7) is 6.36. The van der Waals surface area contributed by atoms with Gasteiger partial charge in [-0.15, -0.1) is 0 Å². The van der Waals surface area contributed by atoms with Crippen LogP contribution in [0.4, 0.5) is 5.69 Å². The molecule has 2 rings (SSSR count). The summed E-state index contributed by atoms with van der Waals surface area (Å²) in [7, 11) is 0. The first-order chi connectivity index (χ1) is 9.24. The van der Waals surface area contributed by atoms with Crippen LogP contribution in [-0.2, 0) is 19.5 Å². The van der Waals surface area contributed by atoms with Crippen molar-refractivity contribution in [1.82, 2.24) is 4.57 Å². The van der Waals surface area contributed by atoms with Gasteiger partial charge in [-0.25, -0.2) is 0 Å². The molecule has 0 bridgehead atoms. The molecule has 3 heteroatoms. The average molecular weight is 321 g/mol. The van der Waals surface area contributed by atoms with Gasteiger partial charge in [0.05, 0.1) is 6.54 Å². The topological polar surface area (TPSA) is 17.0 Å². The van der Waals surface area contributed by atoms with Crippen LogP contribution in [0.25, 0.3) is 0 Å². The van der Waals surface area contributed by atoms with Gasteiger partial charge in [-0.05, 0) is 48.7 Å². The Labute approximate surface area is 124 Å². The predicted octanol–water partition coefficient (Wildman–Crippen LogP) is 4.84. The number of anilines is 1. The van der Waals surface area contributed by atoms with Gasteiger partial charge in [0.15, 0.2) is 0 Å². The van der Waals surface area contributed by atoms with Gasteiger partial charge >= 0.3 is 0 Å². The highest BCUT2D eigenvalue weighted by molar-refractivity contribution is 9.10. The van der Waals surface area contributed by atoms with Crippen LogP contribution in [0.15, 0.2) is 41.0 Å². The molecule has 0 aliphatic heterocycles. The number of hydrogen-bond acceptors (Lipinski definition) is 1. The minimum Gasteiger partial charge on any atom is -0.379 e. The molecule has 0 radical (unpaired) electrons. The van der Waals surface area contributed by atoms with E-state index < -0.39 is 0 Å². The molecular weight excluding hydrogens is 300 g/mol. The van der Waals surface area contributed by atoms with Crippen LogP contribution < -0.4 is 5.32 Å². The third-order valence-corrected chi connectivity index (χ3v) is 3.79. The van der Waals surface area contributed by atoms with Crippen molar-refractivity contribution < 1.29 is 0 Å². The fourth-order valence-corrected chi connectivity index (χ4v) is 2.69.